The molecule has 1 atom stereocenters. The number of nitrogens with zero attached hydrogens (tertiary/aromatic N) is 3. The Balaban J connectivity index is 2.31. The van der Waals surface area contributed by atoms with E-state index < -0.39 is 0 Å². The van der Waals surface area contributed by atoms with Gasteiger partial charge in [-0.25, -0.2) is 14.4 Å². The normalized spacial score (nSPS) is 12.3. The zero-order valence-electron chi connectivity index (χ0n) is 10.2. The molecule has 2 aromatic rings. The average Bonchev–Trinajstić information content (AvgIpc) is 2.40. The van der Waals surface area contributed by atoms with Crippen LogP contribution in [0.4, 0.5) is 4.39 Å². The minimum Gasteiger partial charge on any atom is -0.304 e. The molecule has 0 radical (unpaired) electrons. The molecular weight excluding hydrogens is 231 g/mol. The minimum absolute atomic E-state index is 0.227. The smallest absolute Gasteiger partial charge is 0.149 e. The van der Waals surface area contributed by atoms with Crippen molar-refractivity contribution in [1.82, 2.24) is 20.3 Å². The second-order valence-electron chi connectivity index (χ2n) is 3.93. The first-order chi connectivity index (χ1) is 8.81. The molecule has 4 nitrogen and oxygen atoms in total. The number of aromatic nitrogens is 3. The van der Waals surface area contributed by atoms with Crippen LogP contribution in [0.2, 0.25) is 0 Å². The molecule has 0 saturated carbocycles. The Labute approximate surface area is 105 Å². The van der Waals surface area contributed by atoms with Crippen molar-refractivity contribution in [2.24, 2.45) is 0 Å². The van der Waals surface area contributed by atoms with E-state index in [-0.39, 0.29) is 11.9 Å². The molecule has 1 N–H and O–H groups in total. The van der Waals surface area contributed by atoms with E-state index >= 15 is 0 Å². The fourth-order valence-corrected chi connectivity index (χ4v) is 1.69. The maximum absolute atomic E-state index is 13.2. The lowest BCUT2D eigenvalue weighted by Gasteiger charge is -2.16. The van der Waals surface area contributed by atoms with Gasteiger partial charge in [0.25, 0.3) is 0 Å². The van der Waals surface area contributed by atoms with Crippen molar-refractivity contribution in [3.63, 3.8) is 0 Å². The van der Waals surface area contributed by atoms with Crippen LogP contribution in [0.5, 0.6) is 0 Å². The predicted octanol–water partition coefficient (Wildman–Crippen LogP) is 2.10. The van der Waals surface area contributed by atoms with Crippen LogP contribution in [0.15, 0.2) is 36.9 Å². The van der Waals surface area contributed by atoms with Gasteiger partial charge in [-0.2, -0.15) is 0 Å². The van der Waals surface area contributed by atoms with Crippen molar-refractivity contribution in [3.8, 4) is 0 Å². The molecule has 0 aliphatic rings. The summed E-state index contributed by atoms with van der Waals surface area (Å²) in [5.41, 5.74) is 0.731. The minimum atomic E-state index is -0.355. The molecule has 0 bridgehead atoms. The summed E-state index contributed by atoms with van der Waals surface area (Å²) in [6, 6.07) is 2.98. The van der Waals surface area contributed by atoms with Crippen molar-refractivity contribution in [3.05, 3.63) is 54.1 Å². The molecule has 5 heteroatoms. The maximum Gasteiger partial charge on any atom is 0.149 e. The number of rotatable bonds is 5. The molecule has 94 valence electrons. The first-order valence-corrected chi connectivity index (χ1v) is 5.92. The van der Waals surface area contributed by atoms with Gasteiger partial charge in [0.2, 0.25) is 0 Å². The summed E-state index contributed by atoms with van der Waals surface area (Å²) in [5, 5.41) is 3.30. The fourth-order valence-electron chi connectivity index (χ4n) is 1.69. The summed E-state index contributed by atoms with van der Waals surface area (Å²) in [7, 11) is 0. The number of hydrogen-bond donors (Lipinski definition) is 1. The van der Waals surface area contributed by atoms with Crippen molar-refractivity contribution in [2.45, 2.75) is 19.4 Å². The monoisotopic (exact) mass is 246 g/mol. The lowest BCUT2D eigenvalue weighted by molar-refractivity contribution is 0.560. The summed E-state index contributed by atoms with van der Waals surface area (Å²) in [6.07, 6.45) is 7.15. The highest BCUT2D eigenvalue weighted by molar-refractivity contribution is 5.21. The highest BCUT2D eigenvalue weighted by Gasteiger charge is 2.16. The van der Waals surface area contributed by atoms with Crippen LogP contribution in [-0.2, 0) is 0 Å². The standard InChI is InChI=1S/C13H15FN4/c1-2-4-16-12(13-17-5-3-6-18-13)10-7-11(14)9-15-8-10/h3,5-9,12,16H,2,4H2,1H3. The molecule has 0 aliphatic heterocycles. The Morgan fingerprint density at radius 2 is 2.06 bits per heavy atom. The van der Waals surface area contributed by atoms with E-state index in [2.05, 4.69) is 27.2 Å². The molecular formula is C13H15FN4. The Hall–Kier alpha value is -1.88. The van der Waals surface area contributed by atoms with E-state index in [1.54, 1.807) is 24.7 Å². The first kappa shape index (κ1) is 12.6. The summed E-state index contributed by atoms with van der Waals surface area (Å²) in [5.74, 6) is 0.269. The highest BCUT2D eigenvalue weighted by Crippen LogP contribution is 2.18. The molecule has 0 amide bonds. The van der Waals surface area contributed by atoms with E-state index in [9.17, 15) is 4.39 Å². The average molecular weight is 246 g/mol. The van der Waals surface area contributed by atoms with E-state index in [1.165, 1.54) is 12.3 Å². The topological polar surface area (TPSA) is 50.7 Å². The number of hydrogen-bond acceptors (Lipinski definition) is 4. The largest absolute Gasteiger partial charge is 0.304 e. The maximum atomic E-state index is 13.2. The third-order valence-electron chi connectivity index (χ3n) is 2.50. The molecule has 0 aromatic carbocycles. The van der Waals surface area contributed by atoms with Gasteiger partial charge in [-0.15, -0.1) is 0 Å². The van der Waals surface area contributed by atoms with Gasteiger partial charge in [-0.3, -0.25) is 4.98 Å². The number of nitrogens with one attached hydrogen (secondary N) is 1. The van der Waals surface area contributed by atoms with Crippen molar-refractivity contribution < 1.29 is 4.39 Å². The van der Waals surface area contributed by atoms with Crippen LogP contribution in [0.3, 0.4) is 0 Å². The van der Waals surface area contributed by atoms with Crippen LogP contribution < -0.4 is 5.32 Å². The third kappa shape index (κ3) is 3.07. The molecule has 0 saturated heterocycles. The Bertz CT molecular complexity index is 489. The summed E-state index contributed by atoms with van der Waals surface area (Å²) >= 11 is 0. The van der Waals surface area contributed by atoms with Crippen LogP contribution in [0, 0.1) is 5.82 Å². The fraction of sp³-hybridized carbons (Fsp3) is 0.308. The van der Waals surface area contributed by atoms with Gasteiger partial charge < -0.3 is 5.32 Å². The van der Waals surface area contributed by atoms with E-state index in [4.69, 9.17) is 0 Å². The van der Waals surface area contributed by atoms with Gasteiger partial charge in [-0.1, -0.05) is 6.92 Å². The molecule has 18 heavy (non-hydrogen) atoms. The third-order valence-corrected chi connectivity index (χ3v) is 2.50. The second kappa shape index (κ2) is 6.16. The van der Waals surface area contributed by atoms with E-state index in [0.717, 1.165) is 18.5 Å². The zero-order chi connectivity index (χ0) is 12.8. The molecule has 2 aromatic heterocycles. The van der Waals surface area contributed by atoms with Crippen molar-refractivity contribution in [2.75, 3.05) is 6.54 Å². The summed E-state index contributed by atoms with van der Waals surface area (Å²) in [4.78, 5) is 12.3. The van der Waals surface area contributed by atoms with E-state index in [0.29, 0.717) is 5.82 Å². The van der Waals surface area contributed by atoms with E-state index in [1.807, 2.05) is 0 Å². The molecule has 0 aliphatic carbocycles. The molecule has 0 fully saturated rings. The Morgan fingerprint density at radius 1 is 1.28 bits per heavy atom. The second-order valence-corrected chi connectivity index (χ2v) is 3.93. The van der Waals surface area contributed by atoms with Gasteiger partial charge in [0.1, 0.15) is 11.6 Å². The van der Waals surface area contributed by atoms with Crippen LogP contribution in [0.25, 0.3) is 0 Å². The Kier molecular flexibility index (Phi) is 4.30. The predicted molar refractivity (Wildman–Crippen MR) is 66.4 cm³/mol. The van der Waals surface area contributed by atoms with Crippen molar-refractivity contribution >= 4 is 0 Å². The first-order valence-electron chi connectivity index (χ1n) is 5.92. The molecule has 2 heterocycles. The SMILES string of the molecule is CCCNC(c1cncc(F)c1)c1ncccn1. The van der Waals surface area contributed by atoms with Gasteiger partial charge in [-0.05, 0) is 30.7 Å². The zero-order valence-corrected chi connectivity index (χ0v) is 10.2. The van der Waals surface area contributed by atoms with Gasteiger partial charge in [0.05, 0.1) is 12.2 Å². The number of halogens is 1. The van der Waals surface area contributed by atoms with Gasteiger partial charge in [0, 0.05) is 18.6 Å². The van der Waals surface area contributed by atoms with Crippen LogP contribution in [-0.4, -0.2) is 21.5 Å². The number of pyridine rings is 1. The quantitative estimate of drug-likeness (QED) is 0.877. The summed E-state index contributed by atoms with van der Waals surface area (Å²) < 4.78 is 13.2. The van der Waals surface area contributed by atoms with Crippen LogP contribution >= 0.6 is 0 Å². The van der Waals surface area contributed by atoms with Gasteiger partial charge >= 0.3 is 0 Å². The summed E-state index contributed by atoms with van der Waals surface area (Å²) in [6.45, 7) is 2.87. The molecule has 1 unspecified atom stereocenters. The Morgan fingerprint density at radius 3 is 2.72 bits per heavy atom. The molecule has 2 rings (SSSR count). The highest BCUT2D eigenvalue weighted by atomic mass is 19.1. The molecule has 0 spiro atoms. The lowest BCUT2D eigenvalue weighted by atomic mass is 10.1. The van der Waals surface area contributed by atoms with Gasteiger partial charge in [0.15, 0.2) is 0 Å². The van der Waals surface area contributed by atoms with Crippen molar-refractivity contribution in [1.29, 1.82) is 0 Å². The van der Waals surface area contributed by atoms with Crippen LogP contribution in [0.1, 0.15) is 30.8 Å². The lowest BCUT2D eigenvalue weighted by Crippen LogP contribution is -2.25.